The summed E-state index contributed by atoms with van der Waals surface area (Å²) in [5, 5.41) is 3.61. The van der Waals surface area contributed by atoms with Crippen molar-refractivity contribution in [3.8, 4) is 0 Å². The second-order valence-electron chi connectivity index (χ2n) is 7.11. The van der Waals surface area contributed by atoms with Crippen LogP contribution in [0.25, 0.3) is 0 Å². The SMILES string of the molecule is Cc1c(CN2c3nc(N4CCOCC4)sc3C(=O)NC2C)cccc1C(F)(F)F. The minimum atomic E-state index is -4.41. The van der Waals surface area contributed by atoms with E-state index >= 15 is 0 Å². The highest BCUT2D eigenvalue weighted by molar-refractivity contribution is 7.18. The molecule has 6 nitrogen and oxygen atoms in total. The van der Waals surface area contributed by atoms with Crippen molar-refractivity contribution in [2.24, 2.45) is 0 Å². The minimum Gasteiger partial charge on any atom is -0.378 e. The highest BCUT2D eigenvalue weighted by atomic mass is 32.1. The van der Waals surface area contributed by atoms with Gasteiger partial charge in [-0.2, -0.15) is 13.2 Å². The van der Waals surface area contributed by atoms with Crippen LogP contribution in [0.3, 0.4) is 0 Å². The van der Waals surface area contributed by atoms with E-state index in [1.54, 1.807) is 13.0 Å². The minimum absolute atomic E-state index is 0.189. The largest absolute Gasteiger partial charge is 0.416 e. The van der Waals surface area contributed by atoms with Crippen molar-refractivity contribution in [3.05, 3.63) is 39.8 Å². The summed E-state index contributed by atoms with van der Waals surface area (Å²) < 4.78 is 45.2. The topological polar surface area (TPSA) is 57.7 Å². The monoisotopic (exact) mass is 426 g/mol. The number of rotatable bonds is 3. The molecule has 29 heavy (non-hydrogen) atoms. The van der Waals surface area contributed by atoms with E-state index in [9.17, 15) is 18.0 Å². The molecule has 0 bridgehead atoms. The Balaban J connectivity index is 1.68. The first kappa shape index (κ1) is 20.0. The average Bonchev–Trinajstić information content (AvgIpc) is 3.12. The maximum absolute atomic E-state index is 13.3. The molecule has 0 radical (unpaired) electrons. The van der Waals surface area contributed by atoms with Gasteiger partial charge in [0, 0.05) is 19.6 Å². The molecule has 156 valence electrons. The molecule has 3 heterocycles. The third-order valence-corrected chi connectivity index (χ3v) is 6.36. The molecule has 1 unspecified atom stereocenters. The van der Waals surface area contributed by atoms with Crippen LogP contribution in [0.5, 0.6) is 0 Å². The second-order valence-corrected chi connectivity index (χ2v) is 8.09. The number of nitrogens with zero attached hydrogens (tertiary/aromatic N) is 3. The van der Waals surface area contributed by atoms with Crippen LogP contribution >= 0.6 is 11.3 Å². The van der Waals surface area contributed by atoms with E-state index in [1.165, 1.54) is 24.3 Å². The van der Waals surface area contributed by atoms with Crippen LogP contribution in [-0.2, 0) is 17.5 Å². The summed E-state index contributed by atoms with van der Waals surface area (Å²) in [6.45, 7) is 6.08. The fourth-order valence-corrected chi connectivity index (χ4v) is 4.64. The van der Waals surface area contributed by atoms with Crippen molar-refractivity contribution >= 4 is 28.2 Å². The van der Waals surface area contributed by atoms with Crippen LogP contribution in [0, 0.1) is 6.92 Å². The number of carbonyl (C=O) groups excluding carboxylic acids is 1. The number of benzene rings is 1. The fraction of sp³-hybridized carbons (Fsp3) is 0.474. The third-order valence-electron chi connectivity index (χ3n) is 5.26. The molecular weight excluding hydrogens is 405 g/mol. The third kappa shape index (κ3) is 3.78. The van der Waals surface area contributed by atoms with Gasteiger partial charge < -0.3 is 19.9 Å². The normalized spacial score (nSPS) is 19.9. The zero-order chi connectivity index (χ0) is 20.8. The van der Waals surface area contributed by atoms with Gasteiger partial charge in [0.15, 0.2) is 10.9 Å². The number of thiazole rings is 1. The summed E-state index contributed by atoms with van der Waals surface area (Å²) in [6, 6.07) is 4.19. The number of amides is 1. The maximum Gasteiger partial charge on any atom is 0.416 e. The molecule has 1 atom stereocenters. The van der Waals surface area contributed by atoms with Crippen LogP contribution in [0.2, 0.25) is 0 Å². The number of hydrogen-bond donors (Lipinski definition) is 1. The standard InChI is InChI=1S/C19H21F3N4O2S/c1-11-13(4-3-5-14(11)19(20,21)22)10-26-12(2)23-17(27)15-16(26)24-18(29-15)25-6-8-28-9-7-25/h3-5,12H,6-10H2,1-2H3,(H,23,27). The first-order chi connectivity index (χ1) is 13.8. The van der Waals surface area contributed by atoms with E-state index < -0.39 is 11.7 Å². The van der Waals surface area contributed by atoms with E-state index in [4.69, 9.17) is 4.74 Å². The number of carbonyl (C=O) groups is 1. The Labute approximate surface area is 170 Å². The molecule has 10 heteroatoms. The van der Waals surface area contributed by atoms with Crippen molar-refractivity contribution in [3.63, 3.8) is 0 Å². The molecule has 0 spiro atoms. The van der Waals surface area contributed by atoms with E-state index in [2.05, 4.69) is 15.2 Å². The molecule has 0 aliphatic carbocycles. The Kier molecular flexibility index (Phi) is 5.16. The Bertz CT molecular complexity index is 925. The Hall–Kier alpha value is -2.33. The number of nitrogens with one attached hydrogen (secondary N) is 1. The molecular formula is C19H21F3N4O2S. The van der Waals surface area contributed by atoms with Gasteiger partial charge in [-0.25, -0.2) is 4.98 Å². The Morgan fingerprint density at radius 3 is 2.72 bits per heavy atom. The number of morpholine rings is 1. The fourth-order valence-electron chi connectivity index (χ4n) is 3.61. The molecule has 1 saturated heterocycles. The van der Waals surface area contributed by atoms with E-state index in [-0.39, 0.29) is 24.2 Å². The molecule has 1 N–H and O–H groups in total. The first-order valence-electron chi connectivity index (χ1n) is 9.32. The first-order valence-corrected chi connectivity index (χ1v) is 10.1. The lowest BCUT2D eigenvalue weighted by Crippen LogP contribution is -2.50. The molecule has 1 aromatic carbocycles. The van der Waals surface area contributed by atoms with Gasteiger partial charge >= 0.3 is 6.18 Å². The van der Waals surface area contributed by atoms with Crippen molar-refractivity contribution in [1.82, 2.24) is 10.3 Å². The number of anilines is 2. The van der Waals surface area contributed by atoms with Crippen molar-refractivity contribution in [1.29, 1.82) is 0 Å². The van der Waals surface area contributed by atoms with Crippen molar-refractivity contribution in [2.45, 2.75) is 32.7 Å². The predicted octanol–water partition coefficient (Wildman–Crippen LogP) is 3.40. The smallest absolute Gasteiger partial charge is 0.378 e. The number of aromatic nitrogens is 1. The van der Waals surface area contributed by atoms with E-state index in [1.807, 2.05) is 4.90 Å². The quantitative estimate of drug-likeness (QED) is 0.815. The summed E-state index contributed by atoms with van der Waals surface area (Å²) in [5.41, 5.74) is 0.0974. The van der Waals surface area contributed by atoms with E-state index in [0.717, 1.165) is 11.2 Å². The number of halogens is 3. The van der Waals surface area contributed by atoms with Crippen molar-refractivity contribution < 1.29 is 22.7 Å². The molecule has 1 amide bonds. The van der Waals surface area contributed by atoms with Crippen LogP contribution in [0.1, 0.15) is 33.3 Å². The van der Waals surface area contributed by atoms with E-state index in [0.29, 0.717) is 42.6 Å². The number of hydrogen-bond acceptors (Lipinski definition) is 6. The van der Waals surface area contributed by atoms with Gasteiger partial charge in [-0.3, -0.25) is 4.79 Å². The van der Waals surface area contributed by atoms with Gasteiger partial charge in [0.2, 0.25) is 0 Å². The van der Waals surface area contributed by atoms with Gasteiger partial charge in [-0.15, -0.1) is 0 Å². The highest BCUT2D eigenvalue weighted by Crippen LogP contribution is 2.38. The Morgan fingerprint density at radius 1 is 1.31 bits per heavy atom. The van der Waals surface area contributed by atoms with Crippen LogP contribution in [0.4, 0.5) is 24.1 Å². The lowest BCUT2D eigenvalue weighted by Gasteiger charge is -2.34. The lowest BCUT2D eigenvalue weighted by atomic mass is 10.0. The Morgan fingerprint density at radius 2 is 2.03 bits per heavy atom. The van der Waals surface area contributed by atoms with Gasteiger partial charge in [0.1, 0.15) is 11.0 Å². The summed E-state index contributed by atoms with van der Waals surface area (Å²) in [7, 11) is 0. The van der Waals surface area contributed by atoms with Crippen LogP contribution in [0.15, 0.2) is 18.2 Å². The molecule has 2 aromatic rings. The van der Waals surface area contributed by atoms with Crippen LogP contribution < -0.4 is 15.1 Å². The van der Waals surface area contributed by atoms with Crippen molar-refractivity contribution in [2.75, 3.05) is 36.1 Å². The summed E-state index contributed by atoms with van der Waals surface area (Å²) >= 11 is 1.30. The highest BCUT2D eigenvalue weighted by Gasteiger charge is 2.36. The average molecular weight is 426 g/mol. The van der Waals surface area contributed by atoms with Gasteiger partial charge in [0.05, 0.1) is 18.8 Å². The maximum atomic E-state index is 13.3. The van der Waals surface area contributed by atoms with Gasteiger partial charge in [-0.1, -0.05) is 23.5 Å². The second kappa shape index (κ2) is 7.49. The zero-order valence-corrected chi connectivity index (χ0v) is 16.9. The molecule has 1 fully saturated rings. The predicted molar refractivity (Wildman–Crippen MR) is 104 cm³/mol. The zero-order valence-electron chi connectivity index (χ0n) is 16.0. The lowest BCUT2D eigenvalue weighted by molar-refractivity contribution is -0.138. The number of fused-ring (bicyclic) bond motifs is 1. The molecule has 0 saturated carbocycles. The van der Waals surface area contributed by atoms with Crippen LogP contribution in [-0.4, -0.2) is 43.4 Å². The summed E-state index contributed by atoms with van der Waals surface area (Å²) in [6.07, 6.45) is -4.79. The molecule has 2 aliphatic heterocycles. The van der Waals surface area contributed by atoms with Gasteiger partial charge in [0.25, 0.3) is 5.91 Å². The van der Waals surface area contributed by atoms with Gasteiger partial charge in [-0.05, 0) is 31.0 Å². The number of ether oxygens (including phenoxy) is 1. The molecule has 2 aliphatic rings. The molecule has 4 rings (SSSR count). The number of alkyl halides is 3. The summed E-state index contributed by atoms with van der Waals surface area (Å²) in [4.78, 5) is 21.6. The summed E-state index contributed by atoms with van der Waals surface area (Å²) in [5.74, 6) is 0.311. The molecule has 1 aromatic heterocycles.